The van der Waals surface area contributed by atoms with Crippen LogP contribution in [0.1, 0.15) is 39.4 Å². The predicted molar refractivity (Wildman–Crippen MR) is 122 cm³/mol. The highest BCUT2D eigenvalue weighted by molar-refractivity contribution is 7.18. The van der Waals surface area contributed by atoms with Gasteiger partial charge in [-0.2, -0.15) is 0 Å². The molecule has 1 saturated heterocycles. The van der Waals surface area contributed by atoms with Crippen molar-refractivity contribution in [3.63, 3.8) is 0 Å². The number of hydrogen-bond acceptors (Lipinski definition) is 7. The number of ketones is 1. The first-order valence-electron chi connectivity index (χ1n) is 10.3. The van der Waals surface area contributed by atoms with Gasteiger partial charge in [0.2, 0.25) is 5.78 Å². The predicted octanol–water partition coefficient (Wildman–Crippen LogP) is 4.23. The summed E-state index contributed by atoms with van der Waals surface area (Å²) in [4.78, 5) is 31.2. The van der Waals surface area contributed by atoms with Crippen molar-refractivity contribution >= 4 is 39.7 Å². The van der Waals surface area contributed by atoms with E-state index in [1.807, 2.05) is 13.8 Å². The monoisotopic (exact) mass is 472 g/mol. The molecule has 0 spiro atoms. The van der Waals surface area contributed by atoms with Crippen molar-refractivity contribution in [2.24, 2.45) is 0 Å². The van der Waals surface area contributed by atoms with Gasteiger partial charge in [0.1, 0.15) is 22.3 Å². The van der Waals surface area contributed by atoms with Crippen molar-refractivity contribution in [3.05, 3.63) is 70.1 Å². The van der Waals surface area contributed by atoms with E-state index in [-0.39, 0.29) is 33.9 Å². The summed E-state index contributed by atoms with van der Waals surface area (Å²) in [6.07, 6.45) is -0.0486. The van der Waals surface area contributed by atoms with Crippen LogP contribution in [-0.4, -0.2) is 46.9 Å². The number of carbonyl (C=O) groups excluding carboxylic acids is 2. The lowest BCUT2D eigenvalue weighted by atomic mass is 10.1. The molecular formula is C23H22F2N4O3S. The van der Waals surface area contributed by atoms with Crippen molar-refractivity contribution in [1.82, 2.24) is 9.88 Å². The van der Waals surface area contributed by atoms with Crippen LogP contribution < -0.4 is 11.1 Å². The number of halogens is 2. The van der Waals surface area contributed by atoms with Crippen LogP contribution in [0.2, 0.25) is 0 Å². The number of rotatable bonds is 5. The van der Waals surface area contributed by atoms with Gasteiger partial charge in [-0.25, -0.2) is 13.8 Å². The van der Waals surface area contributed by atoms with Crippen LogP contribution in [0.15, 0.2) is 42.5 Å². The molecule has 1 aromatic heterocycles. The molecule has 3 aromatic rings. The first-order chi connectivity index (χ1) is 15.7. The number of hydrogen-bond donors (Lipinski definition) is 2. The smallest absolute Gasteiger partial charge is 0.254 e. The van der Waals surface area contributed by atoms with E-state index in [4.69, 9.17) is 10.5 Å². The van der Waals surface area contributed by atoms with Gasteiger partial charge in [-0.3, -0.25) is 9.59 Å². The maximum absolute atomic E-state index is 14.0. The number of carbonyl (C=O) groups is 2. The van der Waals surface area contributed by atoms with Crippen molar-refractivity contribution in [1.29, 1.82) is 0 Å². The number of morpholine rings is 1. The van der Waals surface area contributed by atoms with Gasteiger partial charge in [0.25, 0.3) is 5.91 Å². The Labute approximate surface area is 193 Å². The zero-order chi connectivity index (χ0) is 23.7. The van der Waals surface area contributed by atoms with E-state index < -0.39 is 23.0 Å². The molecule has 33 heavy (non-hydrogen) atoms. The molecule has 7 nitrogen and oxygen atoms in total. The number of nitrogens with two attached hydrogens (primary N) is 1. The second-order valence-electron chi connectivity index (χ2n) is 7.83. The van der Waals surface area contributed by atoms with Gasteiger partial charge in [-0.15, -0.1) is 0 Å². The lowest BCUT2D eigenvalue weighted by molar-refractivity contribution is -0.0586. The molecule has 10 heteroatoms. The number of aromatic nitrogens is 1. The fourth-order valence-electron chi connectivity index (χ4n) is 3.72. The molecule has 0 aliphatic carbocycles. The van der Waals surface area contributed by atoms with Crippen LogP contribution in [0.4, 0.5) is 25.4 Å². The second-order valence-corrected chi connectivity index (χ2v) is 8.83. The molecule has 1 aliphatic heterocycles. The van der Waals surface area contributed by atoms with Crippen LogP contribution in [0.5, 0.6) is 0 Å². The van der Waals surface area contributed by atoms with Gasteiger partial charge in [-0.1, -0.05) is 17.4 Å². The van der Waals surface area contributed by atoms with E-state index in [9.17, 15) is 18.4 Å². The third-order valence-corrected chi connectivity index (χ3v) is 6.12. The highest BCUT2D eigenvalue weighted by Crippen LogP contribution is 2.31. The Morgan fingerprint density at radius 1 is 1.09 bits per heavy atom. The summed E-state index contributed by atoms with van der Waals surface area (Å²) in [5.41, 5.74) is 6.31. The molecule has 1 amide bonds. The van der Waals surface area contributed by atoms with Gasteiger partial charge in [-0.05, 0) is 50.2 Å². The van der Waals surface area contributed by atoms with Crippen molar-refractivity contribution in [2.75, 3.05) is 24.1 Å². The number of thiazole rings is 1. The molecular weight excluding hydrogens is 450 g/mol. The molecule has 2 atom stereocenters. The first kappa shape index (κ1) is 22.8. The minimum Gasteiger partial charge on any atom is -0.382 e. The Kier molecular flexibility index (Phi) is 6.39. The van der Waals surface area contributed by atoms with Gasteiger partial charge in [0.05, 0.1) is 17.8 Å². The fraction of sp³-hybridized carbons (Fsp3) is 0.261. The maximum atomic E-state index is 14.0. The number of nitrogen functional groups attached to an aromatic ring is 1. The van der Waals surface area contributed by atoms with Gasteiger partial charge >= 0.3 is 0 Å². The lowest BCUT2D eigenvalue weighted by Gasteiger charge is -2.35. The normalized spacial score (nSPS) is 18.2. The Bertz CT molecular complexity index is 1170. The van der Waals surface area contributed by atoms with Crippen molar-refractivity contribution in [2.45, 2.75) is 26.1 Å². The lowest BCUT2D eigenvalue weighted by Crippen LogP contribution is -2.48. The number of amides is 1. The molecule has 3 N–H and O–H groups in total. The molecule has 1 aliphatic rings. The minimum atomic E-state index is -0.966. The van der Waals surface area contributed by atoms with E-state index in [2.05, 4.69) is 10.3 Å². The Morgan fingerprint density at radius 2 is 1.70 bits per heavy atom. The average Bonchev–Trinajstić information content (AvgIpc) is 3.13. The summed E-state index contributed by atoms with van der Waals surface area (Å²) in [5, 5.41) is 3.28. The summed E-state index contributed by atoms with van der Waals surface area (Å²) in [6, 6.07) is 9.98. The summed E-state index contributed by atoms with van der Waals surface area (Å²) in [6.45, 7) is 4.92. The van der Waals surface area contributed by atoms with E-state index in [1.165, 1.54) is 6.07 Å². The number of nitrogens with zero attached hydrogens (tertiary/aromatic N) is 2. The van der Waals surface area contributed by atoms with Crippen LogP contribution in [0.3, 0.4) is 0 Å². The van der Waals surface area contributed by atoms with Crippen LogP contribution in [0, 0.1) is 11.6 Å². The molecule has 0 bridgehead atoms. The molecule has 2 unspecified atom stereocenters. The molecule has 2 aromatic carbocycles. The zero-order valence-corrected chi connectivity index (χ0v) is 18.8. The van der Waals surface area contributed by atoms with E-state index >= 15 is 0 Å². The first-order valence-corrected chi connectivity index (χ1v) is 11.1. The Balaban J connectivity index is 1.48. The number of anilines is 3. The van der Waals surface area contributed by atoms with E-state index in [1.54, 1.807) is 29.2 Å². The molecule has 0 radical (unpaired) electrons. The topological polar surface area (TPSA) is 97.5 Å². The van der Waals surface area contributed by atoms with Crippen LogP contribution in [-0.2, 0) is 4.74 Å². The fourth-order valence-corrected chi connectivity index (χ4v) is 4.57. The highest BCUT2D eigenvalue weighted by Gasteiger charge is 2.27. The van der Waals surface area contributed by atoms with Crippen LogP contribution >= 0.6 is 11.3 Å². The summed E-state index contributed by atoms with van der Waals surface area (Å²) < 4.78 is 33.6. The minimum absolute atomic E-state index is 0.0243. The average molecular weight is 473 g/mol. The number of ether oxygens (including phenoxy) is 1. The third-order valence-electron chi connectivity index (χ3n) is 5.14. The van der Waals surface area contributed by atoms with Gasteiger partial charge < -0.3 is 20.7 Å². The number of benzene rings is 2. The van der Waals surface area contributed by atoms with Gasteiger partial charge in [0, 0.05) is 24.3 Å². The molecule has 172 valence electrons. The molecule has 1 fully saturated rings. The highest BCUT2D eigenvalue weighted by atomic mass is 32.1. The molecule has 2 heterocycles. The molecule has 0 saturated carbocycles. The number of nitrogens with one attached hydrogen (secondary N) is 1. The third kappa shape index (κ3) is 4.86. The second kappa shape index (κ2) is 9.24. The van der Waals surface area contributed by atoms with Crippen molar-refractivity contribution in [3.8, 4) is 0 Å². The quantitative estimate of drug-likeness (QED) is 0.540. The Hall–Kier alpha value is -3.37. The largest absolute Gasteiger partial charge is 0.382 e. The summed E-state index contributed by atoms with van der Waals surface area (Å²) >= 11 is 0.889. The standard InChI is InChI=1S/C23H22F2N4O3S/c1-12-10-29(11-13(2)32-12)22(31)14-6-8-15(9-7-14)27-23-28-21(26)20(33-23)19(30)18-16(24)4-3-5-17(18)25/h3-9,12-13H,10-11,26H2,1-2H3,(H,27,28). The van der Waals surface area contributed by atoms with E-state index in [0.29, 0.717) is 24.3 Å². The summed E-state index contributed by atoms with van der Waals surface area (Å²) in [7, 11) is 0. The SMILES string of the molecule is CC1CN(C(=O)c2ccc(Nc3nc(N)c(C(=O)c4c(F)cccc4F)s3)cc2)CC(C)O1. The molecule has 4 rings (SSSR count). The van der Waals surface area contributed by atoms with Crippen molar-refractivity contribution < 1.29 is 23.1 Å². The van der Waals surface area contributed by atoms with Crippen LogP contribution in [0.25, 0.3) is 0 Å². The van der Waals surface area contributed by atoms with Gasteiger partial charge in [0.15, 0.2) is 5.13 Å². The maximum Gasteiger partial charge on any atom is 0.254 e. The van der Waals surface area contributed by atoms with E-state index in [0.717, 1.165) is 23.5 Å². The summed E-state index contributed by atoms with van der Waals surface area (Å²) in [5.74, 6) is -3.01. The Morgan fingerprint density at radius 3 is 2.30 bits per heavy atom. The zero-order valence-electron chi connectivity index (χ0n) is 18.0.